The first-order valence-electron chi connectivity index (χ1n) is 13.3. The molecule has 4 heterocycles. The number of nitrogens with one attached hydrogen (secondary N) is 1. The highest BCUT2D eigenvalue weighted by Gasteiger charge is 2.43. The maximum Gasteiger partial charge on any atom is 0.289 e. The molecule has 0 saturated carbocycles. The zero-order valence-corrected chi connectivity index (χ0v) is 22.2. The fraction of sp³-hybridized carbons (Fsp3) is 0.367. The Morgan fingerprint density at radius 1 is 0.923 bits per heavy atom. The number of piperazine rings is 1. The molecule has 202 valence electrons. The number of anilines is 2. The summed E-state index contributed by atoms with van der Waals surface area (Å²) in [4.78, 5) is 45.6. The van der Waals surface area contributed by atoms with Crippen molar-refractivity contribution in [2.75, 3.05) is 42.9 Å². The lowest BCUT2D eigenvalue weighted by Crippen LogP contribution is -2.53. The van der Waals surface area contributed by atoms with Crippen LogP contribution in [0.2, 0.25) is 0 Å². The van der Waals surface area contributed by atoms with Crippen LogP contribution in [0.15, 0.2) is 81.2 Å². The zero-order chi connectivity index (χ0) is 27.1. The van der Waals surface area contributed by atoms with Crippen molar-refractivity contribution < 1.29 is 23.2 Å². The van der Waals surface area contributed by atoms with Gasteiger partial charge in [-0.05, 0) is 48.2 Å². The number of nitrogens with zero attached hydrogens (tertiary/aromatic N) is 3. The van der Waals surface area contributed by atoms with Crippen LogP contribution in [-0.4, -0.2) is 60.1 Å². The number of allylic oxidation sites excluding steroid dienone is 1. The second-order valence-corrected chi connectivity index (χ2v) is 11.2. The molecule has 3 aliphatic rings. The molecule has 1 N–H and O–H groups in total. The Labute approximate surface area is 227 Å². The summed E-state index contributed by atoms with van der Waals surface area (Å²) in [6.45, 7) is 5.96. The van der Waals surface area contributed by atoms with E-state index in [9.17, 15) is 14.4 Å². The Morgan fingerprint density at radius 3 is 2.36 bits per heavy atom. The van der Waals surface area contributed by atoms with Crippen molar-refractivity contribution in [1.29, 1.82) is 0 Å². The molecule has 39 heavy (non-hydrogen) atoms. The minimum atomic E-state index is -0.541. The maximum absolute atomic E-state index is 13.8. The highest BCUT2D eigenvalue weighted by atomic mass is 16.3. The number of rotatable bonds is 4. The minimum Gasteiger partial charge on any atom is -0.467 e. The molecule has 9 heteroatoms. The number of amides is 2. The molecule has 0 radical (unpaired) electrons. The number of para-hydroxylation sites is 2. The van der Waals surface area contributed by atoms with Crippen molar-refractivity contribution in [1.82, 2.24) is 9.80 Å². The molecule has 1 unspecified atom stereocenters. The fourth-order valence-corrected chi connectivity index (χ4v) is 5.93. The Balaban J connectivity index is 1.30. The average molecular weight is 529 g/mol. The minimum absolute atomic E-state index is 0.0592. The van der Waals surface area contributed by atoms with Gasteiger partial charge in [0.25, 0.3) is 5.91 Å². The van der Waals surface area contributed by atoms with E-state index >= 15 is 0 Å². The maximum atomic E-state index is 13.8. The van der Waals surface area contributed by atoms with E-state index in [4.69, 9.17) is 8.83 Å². The Kier molecular flexibility index (Phi) is 6.29. The lowest BCUT2D eigenvalue weighted by Gasteiger charge is -2.39. The first-order chi connectivity index (χ1) is 18.8. The van der Waals surface area contributed by atoms with Gasteiger partial charge >= 0.3 is 0 Å². The second-order valence-electron chi connectivity index (χ2n) is 11.2. The molecular weight excluding hydrogens is 496 g/mol. The van der Waals surface area contributed by atoms with Crippen LogP contribution in [0.25, 0.3) is 0 Å². The number of Topliss-reactive ketones (excluding diaryl/α,β-unsaturated/α-hetero) is 1. The summed E-state index contributed by atoms with van der Waals surface area (Å²) in [6, 6.07) is 14.3. The number of carbonyl (C=O) groups excluding carboxylic acids is 3. The van der Waals surface area contributed by atoms with E-state index in [-0.39, 0.29) is 29.6 Å². The van der Waals surface area contributed by atoms with E-state index in [1.165, 1.54) is 6.26 Å². The van der Waals surface area contributed by atoms with Crippen molar-refractivity contribution in [2.24, 2.45) is 5.41 Å². The third-order valence-electron chi connectivity index (χ3n) is 7.77. The van der Waals surface area contributed by atoms with Crippen molar-refractivity contribution in [2.45, 2.75) is 32.7 Å². The lowest BCUT2D eigenvalue weighted by atomic mass is 9.74. The van der Waals surface area contributed by atoms with E-state index in [2.05, 4.69) is 19.2 Å². The summed E-state index contributed by atoms with van der Waals surface area (Å²) < 4.78 is 11.1. The SMILES string of the molecule is CC1(C)CC(=O)C2=C(C1)Nc1ccccc1N(CC(=O)N1CCN(C(=O)c3ccco3)CC1)C2c1ccco1. The fourth-order valence-electron chi connectivity index (χ4n) is 5.93. The molecule has 1 aromatic carbocycles. The molecule has 3 aromatic rings. The van der Waals surface area contributed by atoms with Gasteiger partial charge in [-0.1, -0.05) is 26.0 Å². The van der Waals surface area contributed by atoms with Gasteiger partial charge in [-0.3, -0.25) is 14.4 Å². The molecule has 2 aliphatic heterocycles. The quantitative estimate of drug-likeness (QED) is 0.533. The molecule has 1 aliphatic carbocycles. The number of hydrogen-bond donors (Lipinski definition) is 1. The van der Waals surface area contributed by atoms with Gasteiger partial charge in [-0.15, -0.1) is 0 Å². The van der Waals surface area contributed by atoms with Crippen molar-refractivity contribution in [3.8, 4) is 0 Å². The largest absolute Gasteiger partial charge is 0.467 e. The highest BCUT2D eigenvalue weighted by Crippen LogP contribution is 2.48. The number of ketones is 1. The number of furan rings is 2. The van der Waals surface area contributed by atoms with Gasteiger partial charge in [0, 0.05) is 43.9 Å². The summed E-state index contributed by atoms with van der Waals surface area (Å²) in [6.07, 6.45) is 4.23. The average Bonchev–Trinajstić information content (AvgIpc) is 3.62. The second kappa shape index (κ2) is 9.80. The number of fused-ring (bicyclic) bond motifs is 1. The topological polar surface area (TPSA) is 99.2 Å². The molecule has 6 rings (SSSR count). The predicted molar refractivity (Wildman–Crippen MR) is 145 cm³/mol. The van der Waals surface area contributed by atoms with Crippen LogP contribution in [0.3, 0.4) is 0 Å². The summed E-state index contributed by atoms with van der Waals surface area (Å²) in [5.41, 5.74) is 3.04. The molecule has 0 spiro atoms. The smallest absolute Gasteiger partial charge is 0.289 e. The van der Waals surface area contributed by atoms with E-state index in [0.717, 1.165) is 17.1 Å². The number of hydrogen-bond acceptors (Lipinski definition) is 7. The summed E-state index contributed by atoms with van der Waals surface area (Å²) in [5, 5.41) is 3.55. The third-order valence-corrected chi connectivity index (χ3v) is 7.77. The zero-order valence-electron chi connectivity index (χ0n) is 22.2. The Hall–Kier alpha value is -4.27. The van der Waals surface area contributed by atoms with E-state index in [1.807, 2.05) is 41.3 Å². The van der Waals surface area contributed by atoms with Crippen LogP contribution >= 0.6 is 0 Å². The molecule has 1 saturated heterocycles. The lowest BCUT2D eigenvalue weighted by molar-refractivity contribution is -0.131. The van der Waals surface area contributed by atoms with Gasteiger partial charge in [-0.2, -0.15) is 0 Å². The Morgan fingerprint density at radius 2 is 1.64 bits per heavy atom. The van der Waals surface area contributed by atoms with Gasteiger partial charge < -0.3 is 28.9 Å². The molecule has 1 fully saturated rings. The molecule has 2 amide bonds. The molecule has 0 bridgehead atoms. The van der Waals surface area contributed by atoms with Gasteiger partial charge in [0.15, 0.2) is 11.5 Å². The number of benzene rings is 1. The van der Waals surface area contributed by atoms with Gasteiger partial charge in [0.05, 0.1) is 30.4 Å². The first-order valence-corrected chi connectivity index (χ1v) is 13.3. The summed E-state index contributed by atoms with van der Waals surface area (Å²) in [7, 11) is 0. The van der Waals surface area contributed by atoms with Gasteiger partial charge in [-0.25, -0.2) is 0 Å². The van der Waals surface area contributed by atoms with Crippen LogP contribution in [0.4, 0.5) is 11.4 Å². The van der Waals surface area contributed by atoms with Crippen LogP contribution in [0, 0.1) is 5.41 Å². The van der Waals surface area contributed by atoms with E-state index < -0.39 is 6.04 Å². The number of carbonyl (C=O) groups is 3. The molecule has 2 aromatic heterocycles. The van der Waals surface area contributed by atoms with Crippen LogP contribution in [-0.2, 0) is 9.59 Å². The molecule has 9 nitrogen and oxygen atoms in total. The van der Waals surface area contributed by atoms with Crippen LogP contribution < -0.4 is 10.2 Å². The highest BCUT2D eigenvalue weighted by molar-refractivity contribution is 6.01. The van der Waals surface area contributed by atoms with E-state index in [0.29, 0.717) is 56.1 Å². The summed E-state index contributed by atoms with van der Waals surface area (Å²) in [5.74, 6) is 0.741. The molecule has 1 atom stereocenters. The van der Waals surface area contributed by atoms with Crippen molar-refractivity contribution in [3.05, 3.63) is 83.8 Å². The first kappa shape index (κ1) is 25.0. The standard InChI is InChI=1S/C30H32N4O5/c1-30(2)17-21-27(23(35)18-30)28(24-9-5-15-38-24)34(22-8-4-3-7-20(22)31-21)19-26(36)32-11-13-33(14-12-32)29(37)25-10-6-16-39-25/h3-10,15-16,28,31H,11-14,17-19H2,1-2H3. The molecular formula is C30H32N4O5. The van der Waals surface area contributed by atoms with Gasteiger partial charge in [0.1, 0.15) is 11.8 Å². The Bertz CT molecular complexity index is 1420. The normalized spacial score (nSPS) is 20.7. The third kappa shape index (κ3) is 4.73. The van der Waals surface area contributed by atoms with E-state index in [1.54, 1.807) is 28.2 Å². The summed E-state index contributed by atoms with van der Waals surface area (Å²) >= 11 is 0. The van der Waals surface area contributed by atoms with Crippen LogP contribution in [0.5, 0.6) is 0 Å². The predicted octanol–water partition coefficient (Wildman–Crippen LogP) is 4.47. The monoisotopic (exact) mass is 528 g/mol. The van der Waals surface area contributed by atoms with Crippen molar-refractivity contribution in [3.63, 3.8) is 0 Å². The van der Waals surface area contributed by atoms with Crippen molar-refractivity contribution >= 4 is 29.0 Å². The van der Waals surface area contributed by atoms with Gasteiger partial charge in [0.2, 0.25) is 5.91 Å². The van der Waals surface area contributed by atoms with Crippen LogP contribution in [0.1, 0.15) is 49.0 Å².